The number of urea groups is 1. The molecule has 0 fully saturated rings. The molecule has 1 aliphatic rings. The maximum atomic E-state index is 12.2. The molecule has 1 N–H and O–H groups in total. The second-order valence-corrected chi connectivity index (χ2v) is 5.90. The van der Waals surface area contributed by atoms with Gasteiger partial charge in [-0.2, -0.15) is 0 Å². The van der Waals surface area contributed by atoms with E-state index in [4.69, 9.17) is 0 Å². The first-order chi connectivity index (χ1) is 12.7. The molecule has 1 aliphatic heterocycles. The average molecular weight is 351 g/mol. The zero-order valence-electron chi connectivity index (χ0n) is 14.3. The molecule has 2 aromatic carbocycles. The zero-order valence-corrected chi connectivity index (χ0v) is 14.3. The van der Waals surface area contributed by atoms with E-state index in [1.165, 1.54) is 23.3 Å². The number of anilines is 1. The van der Waals surface area contributed by atoms with E-state index in [-0.39, 0.29) is 13.3 Å². The molecule has 26 heavy (non-hydrogen) atoms. The first kappa shape index (κ1) is 17.6. The van der Waals surface area contributed by atoms with Crippen molar-refractivity contribution in [3.05, 3.63) is 96.1 Å². The van der Waals surface area contributed by atoms with Gasteiger partial charge in [-0.25, -0.2) is 9.18 Å². The van der Waals surface area contributed by atoms with Crippen molar-refractivity contribution >= 4 is 11.7 Å². The normalized spacial score (nSPS) is 12.4. The summed E-state index contributed by atoms with van der Waals surface area (Å²) in [5.74, 6) is -0.178. The number of hydrogen-bond acceptors (Lipinski definition) is 2. The summed E-state index contributed by atoms with van der Waals surface area (Å²) in [6.07, 6.45) is 4.25. The largest absolute Gasteiger partial charge is 0.322 e. The number of nitrogens with zero attached hydrogens (tertiary/aromatic N) is 2. The summed E-state index contributed by atoms with van der Waals surface area (Å²) in [6.45, 7) is 1.43. The van der Waals surface area contributed by atoms with Crippen molar-refractivity contribution in [2.24, 2.45) is 0 Å². The van der Waals surface area contributed by atoms with Crippen LogP contribution in [0.25, 0.3) is 0 Å². The van der Waals surface area contributed by atoms with Crippen molar-refractivity contribution in [2.75, 3.05) is 11.9 Å². The lowest BCUT2D eigenvalue weighted by Gasteiger charge is -2.28. The van der Waals surface area contributed by atoms with Gasteiger partial charge in [0, 0.05) is 32.6 Å². The minimum Gasteiger partial charge on any atom is -0.320 e. The fourth-order valence-corrected chi connectivity index (χ4v) is 2.72. The number of halogens is 1. The molecule has 0 atom stereocenters. The standard InChI is InChI=1S/C15H15N3O.C6H5F.H2/c19-15(17-14-5-8-16-9-6-14)18-10-7-12-3-1-2-4-13(12)11-18;7-6-4-2-1-3-5-6;/h1-6,8-9H,7,10-11H2,(H,16,17,19);1-5H;1H. The van der Waals surface area contributed by atoms with E-state index in [0.717, 1.165) is 18.7 Å². The van der Waals surface area contributed by atoms with Crippen LogP contribution < -0.4 is 5.32 Å². The second kappa shape index (κ2) is 8.76. The summed E-state index contributed by atoms with van der Waals surface area (Å²) in [6, 6.07) is 19.7. The molecule has 0 saturated carbocycles. The van der Waals surface area contributed by atoms with Crippen molar-refractivity contribution in [2.45, 2.75) is 13.0 Å². The molecule has 134 valence electrons. The van der Waals surface area contributed by atoms with Crippen LogP contribution >= 0.6 is 0 Å². The fourth-order valence-electron chi connectivity index (χ4n) is 2.72. The molecule has 2 amide bonds. The van der Waals surface area contributed by atoms with Crippen molar-refractivity contribution in [1.82, 2.24) is 9.88 Å². The van der Waals surface area contributed by atoms with E-state index in [0.29, 0.717) is 6.54 Å². The van der Waals surface area contributed by atoms with Gasteiger partial charge in [-0.1, -0.05) is 42.5 Å². The predicted molar refractivity (Wildman–Crippen MR) is 102 cm³/mol. The highest BCUT2D eigenvalue weighted by molar-refractivity contribution is 5.89. The fraction of sp³-hybridized carbons (Fsp3) is 0.143. The van der Waals surface area contributed by atoms with E-state index in [1.54, 1.807) is 42.7 Å². The van der Waals surface area contributed by atoms with E-state index >= 15 is 0 Å². The summed E-state index contributed by atoms with van der Waals surface area (Å²) in [7, 11) is 0. The molecule has 0 radical (unpaired) electrons. The van der Waals surface area contributed by atoms with Crippen LogP contribution in [0.3, 0.4) is 0 Å². The number of rotatable bonds is 1. The SMILES string of the molecule is Fc1ccccc1.O=C(Nc1ccncc1)N1CCc2ccccc2C1.[HH]. The lowest BCUT2D eigenvalue weighted by Crippen LogP contribution is -2.38. The molecule has 0 unspecified atom stereocenters. The third-order valence-corrected chi connectivity index (χ3v) is 4.08. The average Bonchev–Trinajstić information content (AvgIpc) is 2.69. The minimum atomic E-state index is -0.178. The molecular formula is C21H22FN3O. The maximum Gasteiger partial charge on any atom is 0.322 e. The number of amides is 2. The van der Waals surface area contributed by atoms with E-state index in [2.05, 4.69) is 22.4 Å². The molecule has 4 rings (SSSR count). The summed E-state index contributed by atoms with van der Waals surface area (Å²) < 4.78 is 11.9. The van der Waals surface area contributed by atoms with Crippen molar-refractivity contribution in [3.63, 3.8) is 0 Å². The first-order valence-corrected chi connectivity index (χ1v) is 8.45. The van der Waals surface area contributed by atoms with Crippen LogP contribution in [0, 0.1) is 5.82 Å². The van der Waals surface area contributed by atoms with Gasteiger partial charge in [0.05, 0.1) is 0 Å². The Kier molecular flexibility index (Phi) is 5.93. The number of pyridine rings is 1. The smallest absolute Gasteiger partial charge is 0.320 e. The van der Waals surface area contributed by atoms with Crippen LogP contribution in [0.5, 0.6) is 0 Å². The number of hydrogen-bond donors (Lipinski definition) is 1. The van der Waals surface area contributed by atoms with Crippen LogP contribution in [-0.4, -0.2) is 22.5 Å². The molecule has 0 spiro atoms. The molecule has 0 aliphatic carbocycles. The van der Waals surface area contributed by atoms with Gasteiger partial charge in [0.25, 0.3) is 0 Å². The van der Waals surface area contributed by atoms with Gasteiger partial charge in [-0.05, 0) is 41.8 Å². The van der Waals surface area contributed by atoms with Gasteiger partial charge >= 0.3 is 6.03 Å². The highest BCUT2D eigenvalue weighted by Gasteiger charge is 2.20. The third-order valence-electron chi connectivity index (χ3n) is 4.08. The molecule has 0 bridgehead atoms. The highest BCUT2D eigenvalue weighted by atomic mass is 19.1. The van der Waals surface area contributed by atoms with Gasteiger partial charge in [-0.3, -0.25) is 4.98 Å². The Balaban J connectivity index is 0.000000278. The Hall–Kier alpha value is -3.21. The number of benzene rings is 2. The Labute approximate surface area is 153 Å². The van der Waals surface area contributed by atoms with E-state index < -0.39 is 0 Å². The monoisotopic (exact) mass is 351 g/mol. The van der Waals surface area contributed by atoms with E-state index in [1.807, 2.05) is 17.0 Å². The summed E-state index contributed by atoms with van der Waals surface area (Å²) in [5.41, 5.74) is 3.35. The molecule has 0 saturated heterocycles. The van der Waals surface area contributed by atoms with Gasteiger partial charge in [-0.15, -0.1) is 0 Å². The van der Waals surface area contributed by atoms with Gasteiger partial charge < -0.3 is 10.2 Å². The number of fused-ring (bicyclic) bond motifs is 1. The number of carbonyl (C=O) groups is 1. The second-order valence-electron chi connectivity index (χ2n) is 5.90. The van der Waals surface area contributed by atoms with Crippen LogP contribution in [0.2, 0.25) is 0 Å². The van der Waals surface area contributed by atoms with E-state index in [9.17, 15) is 9.18 Å². The lowest BCUT2D eigenvalue weighted by atomic mass is 10.0. The lowest BCUT2D eigenvalue weighted by molar-refractivity contribution is 0.206. The zero-order chi connectivity index (χ0) is 18.2. The molecule has 3 aromatic rings. The van der Waals surface area contributed by atoms with Crippen LogP contribution in [0.1, 0.15) is 12.6 Å². The molecule has 4 nitrogen and oxygen atoms in total. The molecule has 2 heterocycles. The highest BCUT2D eigenvalue weighted by Crippen LogP contribution is 2.19. The van der Waals surface area contributed by atoms with Crippen LogP contribution in [0.4, 0.5) is 14.9 Å². The number of aromatic nitrogens is 1. The number of nitrogens with one attached hydrogen (secondary N) is 1. The quantitative estimate of drug-likeness (QED) is 0.688. The van der Waals surface area contributed by atoms with Crippen LogP contribution in [0.15, 0.2) is 79.1 Å². The summed E-state index contributed by atoms with van der Waals surface area (Å²) >= 11 is 0. The first-order valence-electron chi connectivity index (χ1n) is 8.45. The number of carbonyl (C=O) groups excluding carboxylic acids is 1. The van der Waals surface area contributed by atoms with Gasteiger partial charge in [0.2, 0.25) is 0 Å². The Bertz CT molecular complexity index is 846. The summed E-state index contributed by atoms with van der Waals surface area (Å²) in [4.78, 5) is 17.9. The summed E-state index contributed by atoms with van der Waals surface area (Å²) in [5, 5.41) is 2.89. The Morgan fingerprint density at radius 1 is 0.962 bits per heavy atom. The molecule has 5 heteroatoms. The van der Waals surface area contributed by atoms with Crippen molar-refractivity contribution in [3.8, 4) is 0 Å². The van der Waals surface area contributed by atoms with Crippen molar-refractivity contribution in [1.29, 1.82) is 0 Å². The van der Waals surface area contributed by atoms with Gasteiger partial charge in [0.1, 0.15) is 5.82 Å². The van der Waals surface area contributed by atoms with Crippen molar-refractivity contribution < 1.29 is 10.6 Å². The van der Waals surface area contributed by atoms with Crippen LogP contribution in [-0.2, 0) is 13.0 Å². The minimum absolute atomic E-state index is 0. The Morgan fingerprint density at radius 2 is 1.62 bits per heavy atom. The molecule has 1 aromatic heterocycles. The van der Waals surface area contributed by atoms with Gasteiger partial charge in [0.15, 0.2) is 0 Å². The topological polar surface area (TPSA) is 45.2 Å². The maximum absolute atomic E-state index is 12.2. The third kappa shape index (κ3) is 4.89. The molecular weight excluding hydrogens is 329 g/mol. The predicted octanol–water partition coefficient (Wildman–Crippen LogP) is 4.74. The Morgan fingerprint density at radius 3 is 2.27 bits per heavy atom.